The Morgan fingerprint density at radius 3 is 2.86 bits per heavy atom. The van der Waals surface area contributed by atoms with Crippen LogP contribution < -0.4 is 5.32 Å². The van der Waals surface area contributed by atoms with Gasteiger partial charge in [-0.25, -0.2) is 4.68 Å². The van der Waals surface area contributed by atoms with Gasteiger partial charge >= 0.3 is 0 Å². The average Bonchev–Trinajstić information content (AvgIpc) is 2.78. The minimum absolute atomic E-state index is 0. The quantitative estimate of drug-likeness (QED) is 0.819. The maximum absolute atomic E-state index is 12.7. The smallest absolute Gasteiger partial charge is 0.250 e. The van der Waals surface area contributed by atoms with Gasteiger partial charge in [0, 0.05) is 13.5 Å². The average molecular weight is 293 g/mol. The van der Waals surface area contributed by atoms with Crippen molar-refractivity contribution in [3.05, 3.63) is 17.5 Å². The highest BCUT2D eigenvalue weighted by Crippen LogP contribution is 2.52. The van der Waals surface area contributed by atoms with Crippen molar-refractivity contribution < 1.29 is 6.22 Å². The van der Waals surface area contributed by atoms with Gasteiger partial charge in [-0.05, 0) is 63.1 Å². The van der Waals surface area contributed by atoms with Crippen molar-refractivity contribution in [2.24, 2.45) is 17.3 Å². The van der Waals surface area contributed by atoms with Gasteiger partial charge in [-0.2, -0.15) is 5.10 Å². The molecule has 1 N–H and O–H groups in total. The fourth-order valence-electron chi connectivity index (χ4n) is 3.29. The molecule has 0 amide bonds. The Bertz CT molecular complexity index is 512. The molecule has 2 atom stereocenters. The van der Waals surface area contributed by atoms with E-state index in [1.807, 2.05) is 20.2 Å². The fraction of sp³-hybridized carbons (Fsp3) is 0.765. The fourth-order valence-corrected chi connectivity index (χ4v) is 3.29. The van der Waals surface area contributed by atoms with Crippen molar-refractivity contribution in [3.63, 3.8) is 0 Å². The molecule has 0 aromatic carbocycles. The zero-order chi connectivity index (χ0) is 15.6. The van der Waals surface area contributed by atoms with Crippen LogP contribution in [0, 0.1) is 24.2 Å². The first-order valence-corrected chi connectivity index (χ1v) is 8.14. The Labute approximate surface area is 129 Å². The molecule has 21 heavy (non-hydrogen) atoms. The maximum Gasteiger partial charge on any atom is 0.250 e. The van der Waals surface area contributed by atoms with Crippen molar-refractivity contribution in [2.75, 3.05) is 13.6 Å². The van der Waals surface area contributed by atoms with Crippen LogP contribution in [0.3, 0.4) is 0 Å². The van der Waals surface area contributed by atoms with Gasteiger partial charge in [-0.15, -0.1) is 0 Å². The van der Waals surface area contributed by atoms with Crippen molar-refractivity contribution in [2.45, 2.75) is 53.4 Å². The van der Waals surface area contributed by atoms with Crippen LogP contribution in [0.25, 0.3) is 0 Å². The first-order chi connectivity index (χ1) is 9.90. The predicted octanol–water partition coefficient (Wildman–Crippen LogP) is 3.30. The summed E-state index contributed by atoms with van der Waals surface area (Å²) in [7, 11) is 1.96. The summed E-state index contributed by atoms with van der Waals surface area (Å²) in [6.45, 7) is 9.71. The summed E-state index contributed by atoms with van der Waals surface area (Å²) in [6, 6.07) is 0. The molecule has 120 valence electrons. The molecule has 0 saturated heterocycles. The molecule has 1 aromatic heterocycles. The Balaban J connectivity index is 0.00000242. The number of rotatable bonds is 6. The third kappa shape index (κ3) is 3.05. The summed E-state index contributed by atoms with van der Waals surface area (Å²) in [6.07, 6.45) is 6.04. The zero-order valence-corrected chi connectivity index (χ0v) is 14.1. The van der Waals surface area contributed by atoms with Crippen molar-refractivity contribution in [1.29, 1.82) is 0 Å². The Kier molecular flexibility index (Phi) is 4.87. The summed E-state index contributed by atoms with van der Waals surface area (Å²) >= 11 is 0. The molecule has 0 bridgehead atoms. The summed E-state index contributed by atoms with van der Waals surface area (Å²) in [5.74, 6) is 0.842. The molecule has 0 aliphatic heterocycles. The number of aromatic nitrogens is 2. The second kappa shape index (κ2) is 6.30. The molecular weight excluding hydrogens is 262 g/mol. The highest BCUT2D eigenvalue weighted by Gasteiger charge is 2.49. The lowest BCUT2D eigenvalue weighted by molar-refractivity contribution is 0.000631. The lowest BCUT2D eigenvalue weighted by atomic mass is 9.55. The van der Waals surface area contributed by atoms with Crippen LogP contribution in [0.1, 0.15) is 57.5 Å². The van der Waals surface area contributed by atoms with Crippen molar-refractivity contribution >= 4 is 5.91 Å². The van der Waals surface area contributed by atoms with Crippen LogP contribution >= 0.6 is 0 Å². The molecule has 0 radical (unpaired) electrons. The third-order valence-corrected chi connectivity index (χ3v) is 5.45. The highest BCUT2D eigenvalue weighted by molar-refractivity contribution is 5.82. The largest absolute Gasteiger partial charge is 0.320 e. The van der Waals surface area contributed by atoms with Gasteiger partial charge in [-0.3, -0.25) is 4.79 Å². The minimum atomic E-state index is 0. The van der Waals surface area contributed by atoms with E-state index in [1.54, 1.807) is 4.68 Å². The lowest BCUT2D eigenvalue weighted by Gasteiger charge is -2.49. The van der Waals surface area contributed by atoms with E-state index in [4.69, 9.17) is 0 Å². The van der Waals surface area contributed by atoms with E-state index in [1.165, 1.54) is 0 Å². The van der Waals surface area contributed by atoms with Crippen LogP contribution in [-0.2, 0) is 6.42 Å². The van der Waals surface area contributed by atoms with E-state index < -0.39 is 0 Å². The van der Waals surface area contributed by atoms with Gasteiger partial charge in [0.05, 0.1) is 5.69 Å². The molecule has 1 aromatic rings. The number of nitrogens with zero attached hydrogens (tertiary/aromatic N) is 2. The molecule has 1 aliphatic carbocycles. The summed E-state index contributed by atoms with van der Waals surface area (Å²) in [5.41, 5.74) is 2.33. The summed E-state index contributed by atoms with van der Waals surface area (Å²) < 4.78 is 1.61. The Morgan fingerprint density at radius 2 is 2.33 bits per heavy atom. The predicted molar refractivity (Wildman–Crippen MR) is 87.6 cm³/mol. The number of hydrogen-bond donors (Lipinski definition) is 1. The van der Waals surface area contributed by atoms with Gasteiger partial charge in [-0.1, -0.05) is 20.8 Å². The van der Waals surface area contributed by atoms with Crippen LogP contribution in [0.15, 0.2) is 6.20 Å². The molecule has 2 rings (SSSR count). The minimum Gasteiger partial charge on any atom is -0.320 e. The topological polar surface area (TPSA) is 46.9 Å². The zero-order valence-electron chi connectivity index (χ0n) is 14.1. The maximum atomic E-state index is 12.7. The third-order valence-electron chi connectivity index (χ3n) is 5.45. The lowest BCUT2D eigenvalue weighted by Crippen LogP contribution is -2.47. The van der Waals surface area contributed by atoms with Gasteiger partial charge in [0.2, 0.25) is 0 Å². The van der Waals surface area contributed by atoms with Gasteiger partial charge in [0.25, 0.3) is 5.91 Å². The molecule has 1 aliphatic rings. The van der Waals surface area contributed by atoms with Crippen LogP contribution in [0.2, 0.25) is 0 Å². The Hall–Kier alpha value is -1.16. The van der Waals surface area contributed by atoms with Crippen LogP contribution in [-0.4, -0.2) is 29.3 Å². The number of hydrogen-bond acceptors (Lipinski definition) is 3. The van der Waals surface area contributed by atoms with E-state index >= 15 is 0 Å². The number of carbonyl (C=O) groups is 1. The molecule has 1 heterocycles. The SMILES string of the molecule is CNCCCc1nn(C(=O)C2CCC2(C)C(C)C)cc1C.[HH]. The van der Waals surface area contributed by atoms with E-state index in [0.717, 1.165) is 43.5 Å². The molecule has 0 spiro atoms. The molecule has 1 saturated carbocycles. The molecule has 4 heteroatoms. The van der Waals surface area contributed by atoms with Crippen LogP contribution in [0.5, 0.6) is 0 Å². The van der Waals surface area contributed by atoms with Crippen molar-refractivity contribution in [1.82, 2.24) is 15.1 Å². The molecule has 2 unspecified atom stereocenters. The number of carbonyl (C=O) groups excluding carboxylic acids is 1. The monoisotopic (exact) mass is 293 g/mol. The first kappa shape index (κ1) is 16.2. The Morgan fingerprint density at radius 1 is 1.62 bits per heavy atom. The van der Waals surface area contributed by atoms with E-state index in [2.05, 4.69) is 31.2 Å². The highest BCUT2D eigenvalue weighted by atomic mass is 16.2. The van der Waals surface area contributed by atoms with E-state index in [0.29, 0.717) is 5.92 Å². The number of aryl methyl sites for hydroxylation is 2. The van der Waals surface area contributed by atoms with Gasteiger partial charge < -0.3 is 5.32 Å². The van der Waals surface area contributed by atoms with E-state index in [9.17, 15) is 4.79 Å². The molecule has 4 nitrogen and oxygen atoms in total. The second-order valence-electron chi connectivity index (χ2n) is 7.00. The van der Waals surface area contributed by atoms with E-state index in [-0.39, 0.29) is 18.7 Å². The summed E-state index contributed by atoms with van der Waals surface area (Å²) in [4.78, 5) is 12.7. The van der Waals surface area contributed by atoms with Gasteiger partial charge in [0.1, 0.15) is 0 Å². The second-order valence-corrected chi connectivity index (χ2v) is 7.00. The summed E-state index contributed by atoms with van der Waals surface area (Å²) in [5, 5.41) is 7.69. The normalized spacial score (nSPS) is 25.1. The van der Waals surface area contributed by atoms with Gasteiger partial charge in [0.15, 0.2) is 0 Å². The standard InChI is InChI=1S/C17H29N3O.H2/c1-12(2)17(4)9-8-14(17)16(21)20-11-13(3)15(19-20)7-6-10-18-5;/h11-12,14,18H,6-10H2,1-5H3;1H. The van der Waals surface area contributed by atoms with Crippen molar-refractivity contribution in [3.8, 4) is 0 Å². The number of nitrogens with one attached hydrogen (secondary N) is 1. The van der Waals surface area contributed by atoms with Crippen LogP contribution in [0.4, 0.5) is 0 Å². The first-order valence-electron chi connectivity index (χ1n) is 8.14. The molecular formula is C17H31N3O. The molecule has 1 fully saturated rings.